The van der Waals surface area contributed by atoms with Crippen molar-refractivity contribution in [3.63, 3.8) is 0 Å². The van der Waals surface area contributed by atoms with E-state index in [0.717, 1.165) is 35.3 Å². The summed E-state index contributed by atoms with van der Waals surface area (Å²) >= 11 is 0. The largest absolute Gasteiger partial charge is 0.497 e. The lowest BCUT2D eigenvalue weighted by Crippen LogP contribution is -2.04. The average molecular weight is 350 g/mol. The van der Waals surface area contributed by atoms with Crippen LogP contribution in [0.15, 0.2) is 48.5 Å². The molecule has 0 heterocycles. The molecule has 0 aromatic heterocycles. The molecule has 0 aliphatic carbocycles. The Hall–Kier alpha value is -2.05. The molecule has 2 rings (SSSR count). The summed E-state index contributed by atoms with van der Waals surface area (Å²) in [6, 6.07) is 15.5. The molecule has 0 unspecified atom stereocenters. The van der Waals surface area contributed by atoms with Crippen molar-refractivity contribution in [3.05, 3.63) is 59.7 Å². The third kappa shape index (κ3) is 6.60. The molecular weight excluding hydrogens is 328 g/mol. The minimum Gasteiger partial charge on any atom is -0.497 e. The van der Waals surface area contributed by atoms with Crippen molar-refractivity contribution >= 4 is 10.1 Å². The van der Waals surface area contributed by atoms with Crippen molar-refractivity contribution < 1.29 is 22.1 Å². The van der Waals surface area contributed by atoms with Crippen LogP contribution >= 0.6 is 0 Å². The van der Waals surface area contributed by atoms with Gasteiger partial charge in [0, 0.05) is 0 Å². The Bertz CT molecular complexity index is 721. The van der Waals surface area contributed by atoms with Crippen molar-refractivity contribution in [2.45, 2.75) is 19.4 Å². The van der Waals surface area contributed by atoms with Gasteiger partial charge in [0.2, 0.25) is 0 Å². The Morgan fingerprint density at radius 3 is 2.04 bits per heavy atom. The van der Waals surface area contributed by atoms with E-state index in [-0.39, 0.29) is 6.61 Å². The number of aryl methyl sites for hydroxylation is 1. The van der Waals surface area contributed by atoms with Crippen LogP contribution in [0, 0.1) is 0 Å². The minimum absolute atomic E-state index is 0.203. The first-order valence-electron chi connectivity index (χ1n) is 7.65. The summed E-state index contributed by atoms with van der Waals surface area (Å²) in [7, 11) is -1.71. The average Bonchev–Trinajstić information content (AvgIpc) is 2.57. The van der Waals surface area contributed by atoms with E-state index in [2.05, 4.69) is 0 Å². The van der Waals surface area contributed by atoms with Gasteiger partial charge in [-0.1, -0.05) is 24.3 Å². The number of hydrogen-bond donors (Lipinski definition) is 0. The van der Waals surface area contributed by atoms with Gasteiger partial charge in [0.1, 0.15) is 18.1 Å². The molecule has 6 heteroatoms. The second-order valence-corrected chi connectivity index (χ2v) is 7.05. The van der Waals surface area contributed by atoms with Gasteiger partial charge in [0.15, 0.2) is 0 Å². The number of hydrogen-bond acceptors (Lipinski definition) is 5. The van der Waals surface area contributed by atoms with Crippen LogP contribution in [0.1, 0.15) is 17.5 Å². The zero-order valence-corrected chi connectivity index (χ0v) is 14.7. The molecule has 0 radical (unpaired) electrons. The monoisotopic (exact) mass is 350 g/mol. The second-order valence-electron chi connectivity index (χ2n) is 5.41. The number of benzene rings is 2. The lowest BCUT2D eigenvalue weighted by Gasteiger charge is -2.08. The summed E-state index contributed by atoms with van der Waals surface area (Å²) in [5, 5.41) is 0. The van der Waals surface area contributed by atoms with E-state index in [1.807, 2.05) is 48.5 Å². The smallest absolute Gasteiger partial charge is 0.264 e. The van der Waals surface area contributed by atoms with E-state index in [0.29, 0.717) is 13.0 Å². The number of ether oxygens (including phenoxy) is 2. The van der Waals surface area contributed by atoms with Crippen LogP contribution in [0.4, 0.5) is 0 Å². The maximum absolute atomic E-state index is 10.9. The number of methoxy groups -OCH3 is 1. The van der Waals surface area contributed by atoms with E-state index in [1.54, 1.807) is 7.11 Å². The van der Waals surface area contributed by atoms with E-state index < -0.39 is 10.1 Å². The van der Waals surface area contributed by atoms with Crippen LogP contribution < -0.4 is 9.47 Å². The summed E-state index contributed by atoms with van der Waals surface area (Å²) in [5.41, 5.74) is 2.18. The predicted molar refractivity (Wildman–Crippen MR) is 92.9 cm³/mol. The van der Waals surface area contributed by atoms with Crippen LogP contribution in [-0.4, -0.2) is 28.4 Å². The highest BCUT2D eigenvalue weighted by atomic mass is 32.2. The molecule has 0 saturated heterocycles. The van der Waals surface area contributed by atoms with Gasteiger partial charge in [-0.15, -0.1) is 0 Å². The van der Waals surface area contributed by atoms with Gasteiger partial charge in [-0.3, -0.25) is 4.18 Å². The Morgan fingerprint density at radius 2 is 1.46 bits per heavy atom. The molecule has 0 fully saturated rings. The highest BCUT2D eigenvalue weighted by Gasteiger charge is 2.02. The fourth-order valence-corrected chi connectivity index (χ4v) is 2.55. The number of rotatable bonds is 9. The molecule has 130 valence electrons. The van der Waals surface area contributed by atoms with E-state index >= 15 is 0 Å². The Morgan fingerprint density at radius 1 is 0.875 bits per heavy atom. The van der Waals surface area contributed by atoms with Crippen molar-refractivity contribution in [3.8, 4) is 11.5 Å². The summed E-state index contributed by atoms with van der Waals surface area (Å²) in [6.07, 6.45) is 2.47. The molecule has 2 aromatic carbocycles. The molecule has 0 aliphatic rings. The molecule has 0 N–H and O–H groups in total. The Labute approximate surface area is 143 Å². The van der Waals surface area contributed by atoms with Crippen LogP contribution in [0.3, 0.4) is 0 Å². The van der Waals surface area contributed by atoms with E-state index in [9.17, 15) is 8.42 Å². The fraction of sp³-hybridized carbons (Fsp3) is 0.333. The highest BCUT2D eigenvalue weighted by Crippen LogP contribution is 2.17. The first-order valence-corrected chi connectivity index (χ1v) is 9.47. The van der Waals surface area contributed by atoms with Crippen LogP contribution in [0.2, 0.25) is 0 Å². The fourth-order valence-electron chi connectivity index (χ4n) is 2.13. The van der Waals surface area contributed by atoms with Gasteiger partial charge in [-0.25, -0.2) is 0 Å². The molecule has 0 amide bonds. The van der Waals surface area contributed by atoms with Crippen LogP contribution in [-0.2, 0) is 27.3 Å². The van der Waals surface area contributed by atoms with Gasteiger partial charge in [0.25, 0.3) is 10.1 Å². The van der Waals surface area contributed by atoms with E-state index in [4.69, 9.17) is 13.7 Å². The third-order valence-corrected chi connectivity index (χ3v) is 3.99. The van der Waals surface area contributed by atoms with Gasteiger partial charge in [-0.05, 0) is 48.2 Å². The summed E-state index contributed by atoms with van der Waals surface area (Å²) in [6.45, 7) is 0.695. The molecule has 0 bridgehead atoms. The molecule has 0 spiro atoms. The topological polar surface area (TPSA) is 61.8 Å². The normalized spacial score (nSPS) is 11.2. The van der Waals surface area contributed by atoms with Gasteiger partial charge in [-0.2, -0.15) is 8.42 Å². The molecule has 0 atom stereocenters. The molecule has 5 nitrogen and oxygen atoms in total. The maximum atomic E-state index is 10.9. The van der Waals surface area contributed by atoms with Crippen LogP contribution in [0.5, 0.6) is 11.5 Å². The molecule has 0 saturated carbocycles. The lowest BCUT2D eigenvalue weighted by molar-refractivity contribution is 0.305. The third-order valence-electron chi connectivity index (χ3n) is 3.40. The van der Waals surface area contributed by atoms with Crippen molar-refractivity contribution in [2.75, 3.05) is 20.0 Å². The Balaban J connectivity index is 1.76. The van der Waals surface area contributed by atoms with Crippen LogP contribution in [0.25, 0.3) is 0 Å². The Kier molecular flexibility index (Phi) is 6.63. The quantitative estimate of drug-likeness (QED) is 0.513. The summed E-state index contributed by atoms with van der Waals surface area (Å²) in [4.78, 5) is 0. The van der Waals surface area contributed by atoms with E-state index in [1.165, 1.54) is 0 Å². The van der Waals surface area contributed by atoms with Crippen molar-refractivity contribution in [1.29, 1.82) is 0 Å². The SMILES string of the molecule is COc1ccc(COc2ccc(CCCOS(C)(=O)=O)cc2)cc1. The van der Waals surface area contributed by atoms with Crippen molar-refractivity contribution in [2.24, 2.45) is 0 Å². The van der Waals surface area contributed by atoms with Crippen molar-refractivity contribution in [1.82, 2.24) is 0 Å². The second kappa shape index (κ2) is 8.70. The zero-order valence-electron chi connectivity index (χ0n) is 13.9. The van der Waals surface area contributed by atoms with Gasteiger partial charge in [0.05, 0.1) is 20.0 Å². The first-order chi connectivity index (χ1) is 11.5. The first kappa shape index (κ1) is 18.3. The van der Waals surface area contributed by atoms with Gasteiger partial charge >= 0.3 is 0 Å². The summed E-state index contributed by atoms with van der Waals surface area (Å²) in [5.74, 6) is 1.62. The predicted octanol–water partition coefficient (Wildman–Crippen LogP) is 3.18. The lowest BCUT2D eigenvalue weighted by atomic mass is 10.1. The molecular formula is C18H22O5S. The minimum atomic E-state index is -3.35. The molecule has 24 heavy (non-hydrogen) atoms. The summed E-state index contributed by atoms with van der Waals surface area (Å²) < 4.78 is 37.3. The maximum Gasteiger partial charge on any atom is 0.264 e. The van der Waals surface area contributed by atoms with Gasteiger partial charge < -0.3 is 9.47 Å². The molecule has 2 aromatic rings. The zero-order chi connectivity index (χ0) is 17.4. The highest BCUT2D eigenvalue weighted by molar-refractivity contribution is 7.85. The molecule has 0 aliphatic heterocycles. The standard InChI is InChI=1S/C18H22O5S/c1-21-17-9-7-16(8-10-17)14-22-18-11-5-15(6-12-18)4-3-13-23-24(2,19)20/h5-12H,3-4,13-14H2,1-2H3.